The van der Waals surface area contributed by atoms with E-state index in [0.717, 1.165) is 113 Å². The van der Waals surface area contributed by atoms with Gasteiger partial charge in [0, 0.05) is 77.9 Å². The van der Waals surface area contributed by atoms with Gasteiger partial charge in [-0.25, -0.2) is 20.0 Å². The van der Waals surface area contributed by atoms with Crippen LogP contribution in [0.1, 0.15) is 90.1 Å². The molecule has 80 heavy (non-hydrogen) atoms. The Morgan fingerprint density at radius 2 is 0.375 bits per heavy atom. The number of hydrogen-bond donors (Lipinski definition) is 0. The van der Waals surface area contributed by atoms with Crippen LogP contribution in [0.5, 0.6) is 0 Å². The second kappa shape index (κ2) is 19.5. The maximum absolute atomic E-state index is 2.52. The van der Waals surface area contributed by atoms with Gasteiger partial charge in [-0.2, -0.15) is 0 Å². The Morgan fingerprint density at radius 3 is 0.537 bits per heavy atom. The molecule has 0 saturated carbocycles. The molecule has 0 radical (unpaired) electrons. The van der Waals surface area contributed by atoms with Gasteiger partial charge in [0.15, 0.2) is 0 Å². The van der Waals surface area contributed by atoms with Crippen molar-refractivity contribution in [3.05, 3.63) is 248 Å². The van der Waals surface area contributed by atoms with E-state index in [4.69, 9.17) is 0 Å². The van der Waals surface area contributed by atoms with Crippen LogP contribution in [0.3, 0.4) is 0 Å². The normalized spacial score (nSPS) is 11.8. The lowest BCUT2D eigenvalue weighted by Gasteiger charge is -2.38. The number of nitrogens with zero attached hydrogens (tertiary/aromatic N) is 8. The largest absolute Gasteiger partial charge is 0.258 e. The first kappa shape index (κ1) is 51.9. The summed E-state index contributed by atoms with van der Waals surface area (Å²) in [7, 11) is 0. The molecule has 8 aromatic carbocycles. The van der Waals surface area contributed by atoms with Crippen LogP contribution >= 0.6 is 0 Å². The zero-order chi connectivity index (χ0) is 56.3. The lowest BCUT2D eigenvalue weighted by Crippen LogP contribution is -2.31. The van der Waals surface area contributed by atoms with Gasteiger partial charge in [-0.15, -0.1) is 0 Å². The minimum Gasteiger partial charge on any atom is -0.258 e. The Morgan fingerprint density at radius 1 is 0.212 bits per heavy atom. The molecule has 0 saturated heterocycles. The highest BCUT2D eigenvalue weighted by atomic mass is 15.6. The van der Waals surface area contributed by atoms with Crippen molar-refractivity contribution < 1.29 is 0 Å². The van der Waals surface area contributed by atoms with Crippen LogP contribution in [-0.4, -0.2) is 18.7 Å². The summed E-state index contributed by atoms with van der Waals surface area (Å²) in [5.74, 6) is 0. The fourth-order valence-electron chi connectivity index (χ4n) is 13.4. The first-order chi connectivity index (χ1) is 38.4. The third-order valence-corrected chi connectivity index (χ3v) is 17.1. The van der Waals surface area contributed by atoms with E-state index < -0.39 is 0 Å². The van der Waals surface area contributed by atoms with Gasteiger partial charge in [0.05, 0.1) is 45.5 Å². The molecule has 0 bridgehead atoms. The first-order valence-electron chi connectivity index (χ1n) is 28.2. The van der Waals surface area contributed by atoms with Crippen molar-refractivity contribution in [1.29, 1.82) is 0 Å². The van der Waals surface area contributed by atoms with Gasteiger partial charge in [-0.1, -0.05) is 97.1 Å². The Kier molecular flexibility index (Phi) is 12.6. The SMILES string of the molecule is Cc1cccc(C)c1N(c1cc(N(c2c(C)cccc2C)n2c(C)ccc2C)c2ccc3c(N(c4c(C)cccc4C)n4c(C)ccc4C)cc(N(c4c(C)cccc4C)n4c(C)ccc4C)c4ccc1c2c43)n1c(C)ccc1C. The van der Waals surface area contributed by atoms with E-state index in [9.17, 15) is 0 Å². The monoisotopic (exact) mass is 1050 g/mol. The van der Waals surface area contributed by atoms with E-state index >= 15 is 0 Å². The molecule has 8 nitrogen and oxygen atoms in total. The predicted octanol–water partition coefficient (Wildman–Crippen LogP) is 19.1. The highest BCUT2D eigenvalue weighted by Gasteiger charge is 2.33. The number of para-hydroxylation sites is 4. The van der Waals surface area contributed by atoms with Gasteiger partial charge < -0.3 is 0 Å². The fourth-order valence-corrected chi connectivity index (χ4v) is 13.4. The fraction of sp³-hybridized carbons (Fsp3) is 0.222. The molecular formula is C72H74N8. The van der Waals surface area contributed by atoms with Gasteiger partial charge in [0.1, 0.15) is 0 Å². The smallest absolute Gasteiger partial charge is 0.0737 e. The first-order valence-corrected chi connectivity index (χ1v) is 28.2. The molecule has 12 rings (SSSR count). The standard InChI is InChI=1S/C72H74N8/c1-43-21-17-22-44(2)69(43)77(73-51(9)29-30-52(73)10)63-41-64(78(74-53(11)31-32-54(74)12)70-45(3)23-18-24-46(70)4)60-39-40-62-66(80(76-57(15)35-36-58(76)16)72-49(7)27-20-28-50(72)8)42-65(61-38-37-59(63)67(60)68(61)62)79(75-55(13)33-34-56(75)14)71-47(5)25-19-26-48(71)6/h17-42H,1-16H3. The van der Waals surface area contributed by atoms with E-state index in [1.54, 1.807) is 0 Å². The summed E-state index contributed by atoms with van der Waals surface area (Å²) in [5, 5.41) is 17.1. The van der Waals surface area contributed by atoms with Crippen LogP contribution in [0.2, 0.25) is 0 Å². The highest BCUT2D eigenvalue weighted by Crippen LogP contribution is 2.54. The van der Waals surface area contributed by atoms with Crippen LogP contribution in [-0.2, 0) is 0 Å². The van der Waals surface area contributed by atoms with Crippen molar-refractivity contribution in [2.75, 3.05) is 20.0 Å². The van der Waals surface area contributed by atoms with Crippen molar-refractivity contribution in [2.24, 2.45) is 0 Å². The topological polar surface area (TPSA) is 32.7 Å². The molecular weight excluding hydrogens is 977 g/mol. The molecule has 0 atom stereocenters. The molecule has 0 amide bonds. The van der Waals surface area contributed by atoms with Gasteiger partial charge in [0.25, 0.3) is 0 Å². The molecule has 0 unspecified atom stereocenters. The van der Waals surface area contributed by atoms with Crippen molar-refractivity contribution in [2.45, 2.75) is 111 Å². The summed E-state index contributed by atoms with van der Waals surface area (Å²) in [6.07, 6.45) is 0. The van der Waals surface area contributed by atoms with Crippen molar-refractivity contribution in [1.82, 2.24) is 18.7 Å². The van der Waals surface area contributed by atoms with Crippen LogP contribution < -0.4 is 20.0 Å². The van der Waals surface area contributed by atoms with E-state index in [2.05, 4.69) is 307 Å². The van der Waals surface area contributed by atoms with E-state index in [-0.39, 0.29) is 0 Å². The van der Waals surface area contributed by atoms with Gasteiger partial charge in [-0.05, 0) is 216 Å². The second-order valence-corrected chi connectivity index (χ2v) is 22.8. The predicted molar refractivity (Wildman–Crippen MR) is 340 cm³/mol. The average molecular weight is 1050 g/mol. The van der Waals surface area contributed by atoms with E-state index in [0.29, 0.717) is 0 Å². The van der Waals surface area contributed by atoms with Crippen molar-refractivity contribution in [3.63, 3.8) is 0 Å². The molecule has 0 aliphatic heterocycles. The minimum atomic E-state index is 1.08. The summed E-state index contributed by atoms with van der Waals surface area (Å²) in [6.45, 7) is 36.0. The summed E-state index contributed by atoms with van der Waals surface area (Å²) < 4.78 is 9.72. The van der Waals surface area contributed by atoms with Crippen LogP contribution in [0, 0.1) is 111 Å². The Bertz CT molecular complexity index is 3700. The van der Waals surface area contributed by atoms with E-state index in [1.807, 2.05) is 0 Å². The summed E-state index contributed by atoms with van der Waals surface area (Å²) in [4.78, 5) is 0. The van der Waals surface area contributed by atoms with Gasteiger partial charge in [0.2, 0.25) is 0 Å². The van der Waals surface area contributed by atoms with Crippen LogP contribution in [0.4, 0.5) is 45.5 Å². The maximum Gasteiger partial charge on any atom is 0.0737 e. The Balaban J connectivity index is 1.37. The molecule has 0 aliphatic rings. The molecule has 0 spiro atoms. The third kappa shape index (κ3) is 7.93. The number of rotatable bonds is 12. The molecule has 0 fully saturated rings. The molecule has 402 valence electrons. The zero-order valence-corrected chi connectivity index (χ0v) is 49.6. The number of benzene rings is 8. The molecule has 12 aromatic rings. The molecule has 4 aromatic heterocycles. The molecule has 0 N–H and O–H groups in total. The third-order valence-electron chi connectivity index (χ3n) is 17.1. The summed E-state index contributed by atoms with van der Waals surface area (Å²) >= 11 is 0. The van der Waals surface area contributed by atoms with Crippen LogP contribution in [0.15, 0.2) is 158 Å². The van der Waals surface area contributed by atoms with Crippen molar-refractivity contribution >= 4 is 77.8 Å². The number of hydrogen-bond acceptors (Lipinski definition) is 4. The number of aryl methyl sites for hydroxylation is 16. The summed E-state index contributed by atoms with van der Waals surface area (Å²) in [5.41, 5.74) is 27.7. The minimum absolute atomic E-state index is 1.08. The highest BCUT2D eigenvalue weighted by molar-refractivity contribution is 6.32. The quantitative estimate of drug-likeness (QED) is 0.114. The Hall–Kier alpha value is -8.88. The Labute approximate surface area is 472 Å². The molecule has 4 heterocycles. The summed E-state index contributed by atoms with van der Waals surface area (Å²) in [6, 6.07) is 59.5. The number of aromatic nitrogens is 4. The molecule has 0 aliphatic carbocycles. The lowest BCUT2D eigenvalue weighted by atomic mass is 9.89. The zero-order valence-electron chi connectivity index (χ0n) is 49.6. The lowest BCUT2D eigenvalue weighted by molar-refractivity contribution is 0.754. The van der Waals surface area contributed by atoms with Crippen LogP contribution in [0.25, 0.3) is 32.3 Å². The van der Waals surface area contributed by atoms with Gasteiger partial charge in [-0.3, -0.25) is 18.7 Å². The number of anilines is 8. The second-order valence-electron chi connectivity index (χ2n) is 22.8. The average Bonchev–Trinajstić information content (AvgIpc) is 1.90. The van der Waals surface area contributed by atoms with Crippen molar-refractivity contribution in [3.8, 4) is 0 Å². The maximum atomic E-state index is 2.52. The molecule has 8 heteroatoms. The van der Waals surface area contributed by atoms with E-state index in [1.165, 1.54) is 55.3 Å². The van der Waals surface area contributed by atoms with Gasteiger partial charge >= 0.3 is 0 Å².